The third-order valence-electron chi connectivity index (χ3n) is 6.78. The SMILES string of the molecule is C[C@]1(COc2ccc(N3CCC(COc4ccc(C(F)(F)F)cc4)CC3)cc2)Cn2cc([N+](=O)[O-])nc2O1. The van der Waals surface area contributed by atoms with Gasteiger partial charge < -0.3 is 29.2 Å². The minimum Gasteiger partial charge on any atom is -0.493 e. The maximum absolute atomic E-state index is 12.7. The zero-order valence-electron chi connectivity index (χ0n) is 20.7. The van der Waals surface area contributed by atoms with E-state index in [1.165, 1.54) is 18.3 Å². The molecule has 0 spiro atoms. The van der Waals surface area contributed by atoms with Crippen molar-refractivity contribution in [1.29, 1.82) is 0 Å². The van der Waals surface area contributed by atoms with Crippen LogP contribution in [0.15, 0.2) is 54.7 Å². The van der Waals surface area contributed by atoms with Gasteiger partial charge in [-0.05, 0) is 79.1 Å². The van der Waals surface area contributed by atoms with Crippen LogP contribution in [-0.4, -0.2) is 46.4 Å². The van der Waals surface area contributed by atoms with E-state index in [-0.39, 0.29) is 18.4 Å². The molecule has 5 rings (SSSR count). The minimum atomic E-state index is -4.35. The van der Waals surface area contributed by atoms with Crippen molar-refractivity contribution in [3.05, 3.63) is 70.4 Å². The first-order valence-corrected chi connectivity index (χ1v) is 12.3. The molecule has 1 atom stereocenters. The Labute approximate surface area is 216 Å². The summed E-state index contributed by atoms with van der Waals surface area (Å²) < 4.78 is 57.2. The molecule has 0 amide bonds. The smallest absolute Gasteiger partial charge is 0.416 e. The molecular formula is C26H27F3N4O5. The van der Waals surface area contributed by atoms with Gasteiger partial charge in [0.05, 0.1) is 18.7 Å². The van der Waals surface area contributed by atoms with E-state index in [2.05, 4.69) is 9.88 Å². The summed E-state index contributed by atoms with van der Waals surface area (Å²) >= 11 is 0. The normalized spacial score (nSPS) is 19.6. The van der Waals surface area contributed by atoms with Crippen molar-refractivity contribution in [2.45, 2.75) is 38.1 Å². The predicted octanol–water partition coefficient (Wildman–Crippen LogP) is 5.34. The molecule has 38 heavy (non-hydrogen) atoms. The lowest BCUT2D eigenvalue weighted by Crippen LogP contribution is -2.38. The van der Waals surface area contributed by atoms with E-state index in [4.69, 9.17) is 14.2 Å². The van der Waals surface area contributed by atoms with E-state index in [1.807, 2.05) is 31.2 Å². The van der Waals surface area contributed by atoms with E-state index in [0.29, 0.717) is 30.6 Å². The summed E-state index contributed by atoms with van der Waals surface area (Å²) in [5, 5.41) is 10.9. The van der Waals surface area contributed by atoms with E-state index in [9.17, 15) is 23.3 Å². The third-order valence-corrected chi connectivity index (χ3v) is 6.78. The molecule has 3 aromatic rings. The average molecular weight is 533 g/mol. The molecule has 0 N–H and O–H groups in total. The lowest BCUT2D eigenvalue weighted by Gasteiger charge is -2.33. The van der Waals surface area contributed by atoms with Crippen LogP contribution in [0.1, 0.15) is 25.3 Å². The zero-order chi connectivity index (χ0) is 26.9. The number of nitro groups is 1. The molecule has 0 saturated carbocycles. The second-order valence-electron chi connectivity index (χ2n) is 9.86. The number of rotatable bonds is 8. The first kappa shape index (κ1) is 25.7. The Kier molecular flexibility index (Phi) is 6.80. The Hall–Kier alpha value is -3.96. The molecule has 2 aromatic carbocycles. The van der Waals surface area contributed by atoms with Crippen LogP contribution in [0.3, 0.4) is 0 Å². The van der Waals surface area contributed by atoms with E-state index >= 15 is 0 Å². The fourth-order valence-corrected chi connectivity index (χ4v) is 4.66. The Balaban J connectivity index is 1.06. The highest BCUT2D eigenvalue weighted by Gasteiger charge is 2.41. The Bertz CT molecular complexity index is 1250. The number of piperidine rings is 1. The molecule has 2 aliphatic rings. The van der Waals surface area contributed by atoms with Crippen LogP contribution < -0.4 is 19.1 Å². The molecule has 0 unspecified atom stereocenters. The number of alkyl halides is 3. The number of halogens is 3. The fraction of sp³-hybridized carbons (Fsp3) is 0.423. The molecule has 3 heterocycles. The van der Waals surface area contributed by atoms with Gasteiger partial charge in [-0.1, -0.05) is 0 Å². The van der Waals surface area contributed by atoms with Gasteiger partial charge in [-0.25, -0.2) is 0 Å². The average Bonchev–Trinajstić information content (AvgIpc) is 3.42. The molecule has 0 aliphatic carbocycles. The topological polar surface area (TPSA) is 91.9 Å². The van der Waals surface area contributed by atoms with Crippen molar-refractivity contribution in [2.75, 3.05) is 31.2 Å². The number of fused-ring (bicyclic) bond motifs is 1. The molecule has 0 radical (unpaired) electrons. The number of anilines is 1. The summed E-state index contributed by atoms with van der Waals surface area (Å²) in [5.74, 6) is 1.22. The number of imidazole rings is 1. The lowest BCUT2D eigenvalue weighted by atomic mass is 9.97. The van der Waals surface area contributed by atoms with Crippen molar-refractivity contribution in [3.63, 3.8) is 0 Å². The van der Waals surface area contributed by atoms with E-state index in [1.54, 1.807) is 4.57 Å². The first-order valence-electron chi connectivity index (χ1n) is 12.3. The van der Waals surface area contributed by atoms with Gasteiger partial charge in [-0.15, -0.1) is 0 Å². The summed E-state index contributed by atoms with van der Waals surface area (Å²) in [6.45, 7) is 4.70. The van der Waals surface area contributed by atoms with Crippen molar-refractivity contribution in [1.82, 2.24) is 9.55 Å². The van der Waals surface area contributed by atoms with Crippen LogP contribution in [0.2, 0.25) is 0 Å². The van der Waals surface area contributed by atoms with Crippen molar-refractivity contribution < 1.29 is 32.3 Å². The molecule has 2 aliphatic heterocycles. The summed E-state index contributed by atoms with van der Waals surface area (Å²) in [6, 6.07) is 12.8. The number of benzene rings is 2. The Morgan fingerprint density at radius 1 is 1.08 bits per heavy atom. The van der Waals surface area contributed by atoms with Gasteiger partial charge in [-0.2, -0.15) is 13.2 Å². The van der Waals surface area contributed by atoms with Gasteiger partial charge in [0.2, 0.25) is 0 Å². The summed E-state index contributed by atoms with van der Waals surface area (Å²) in [6.07, 6.45) is -1.15. The standard InChI is InChI=1S/C26H27F3N4O5/c1-25(16-32-14-23(33(34)35)30-24(32)38-25)17-37-22-8-4-20(5-9-22)31-12-10-18(11-13-31)15-36-21-6-2-19(3-7-21)26(27,28)29/h2-9,14,18H,10-13,15-17H2,1H3/t25-/m1/s1. The van der Waals surface area contributed by atoms with Gasteiger partial charge in [0.1, 0.15) is 24.3 Å². The Morgan fingerprint density at radius 2 is 1.71 bits per heavy atom. The third kappa shape index (κ3) is 5.79. The fourth-order valence-electron chi connectivity index (χ4n) is 4.66. The zero-order valence-corrected chi connectivity index (χ0v) is 20.7. The maximum atomic E-state index is 12.7. The monoisotopic (exact) mass is 532 g/mol. The molecule has 202 valence electrons. The van der Waals surface area contributed by atoms with Crippen LogP contribution in [0, 0.1) is 16.0 Å². The molecule has 12 heteroatoms. The van der Waals surface area contributed by atoms with Crippen molar-refractivity contribution in [3.8, 4) is 17.5 Å². The second kappa shape index (κ2) is 10.1. The van der Waals surface area contributed by atoms with Gasteiger partial charge in [-0.3, -0.25) is 4.57 Å². The van der Waals surface area contributed by atoms with Crippen LogP contribution in [0.4, 0.5) is 24.7 Å². The van der Waals surface area contributed by atoms with Crippen LogP contribution in [0.25, 0.3) is 0 Å². The largest absolute Gasteiger partial charge is 0.493 e. The van der Waals surface area contributed by atoms with E-state index in [0.717, 1.165) is 43.8 Å². The molecule has 9 nitrogen and oxygen atoms in total. The highest BCUT2D eigenvalue weighted by molar-refractivity contribution is 5.49. The van der Waals surface area contributed by atoms with Crippen LogP contribution in [-0.2, 0) is 12.7 Å². The second-order valence-corrected chi connectivity index (χ2v) is 9.86. The summed E-state index contributed by atoms with van der Waals surface area (Å²) in [5.41, 5.74) is -0.285. The Morgan fingerprint density at radius 3 is 2.32 bits per heavy atom. The number of hydrogen-bond acceptors (Lipinski definition) is 7. The number of aromatic nitrogens is 2. The maximum Gasteiger partial charge on any atom is 0.416 e. The molecule has 1 saturated heterocycles. The minimum absolute atomic E-state index is 0.214. The quantitative estimate of drug-likeness (QED) is 0.286. The lowest BCUT2D eigenvalue weighted by molar-refractivity contribution is -0.389. The highest BCUT2D eigenvalue weighted by Crippen LogP contribution is 2.33. The van der Waals surface area contributed by atoms with Crippen LogP contribution in [0.5, 0.6) is 17.5 Å². The van der Waals surface area contributed by atoms with E-state index < -0.39 is 22.3 Å². The number of nitrogens with zero attached hydrogens (tertiary/aromatic N) is 4. The summed E-state index contributed by atoms with van der Waals surface area (Å²) in [4.78, 5) is 16.5. The molecule has 0 bridgehead atoms. The van der Waals surface area contributed by atoms with Gasteiger partial charge >= 0.3 is 18.0 Å². The van der Waals surface area contributed by atoms with Crippen molar-refractivity contribution in [2.24, 2.45) is 5.92 Å². The molecular weight excluding hydrogens is 505 g/mol. The highest BCUT2D eigenvalue weighted by atomic mass is 19.4. The van der Waals surface area contributed by atoms with Crippen molar-refractivity contribution >= 4 is 11.5 Å². The van der Waals surface area contributed by atoms with Gasteiger partial charge in [0, 0.05) is 23.8 Å². The predicted molar refractivity (Wildman–Crippen MR) is 132 cm³/mol. The molecule has 1 fully saturated rings. The van der Waals surface area contributed by atoms with Crippen LogP contribution >= 0.6 is 0 Å². The van der Waals surface area contributed by atoms with Gasteiger partial charge in [0.25, 0.3) is 0 Å². The first-order chi connectivity index (χ1) is 18.1. The molecule has 1 aromatic heterocycles. The van der Waals surface area contributed by atoms with Gasteiger partial charge in [0.15, 0.2) is 5.60 Å². The number of ether oxygens (including phenoxy) is 3. The summed E-state index contributed by atoms with van der Waals surface area (Å²) in [7, 11) is 0. The number of hydrogen-bond donors (Lipinski definition) is 0.